The van der Waals surface area contributed by atoms with Crippen molar-refractivity contribution in [3.05, 3.63) is 83.1 Å². The van der Waals surface area contributed by atoms with E-state index in [0.717, 1.165) is 33.9 Å². The number of nitrogens with zero attached hydrogens (tertiary/aromatic N) is 2. The van der Waals surface area contributed by atoms with Gasteiger partial charge >= 0.3 is 0 Å². The van der Waals surface area contributed by atoms with Gasteiger partial charge in [-0.25, -0.2) is 16.8 Å². The molecule has 1 N–H and O–H groups in total. The summed E-state index contributed by atoms with van der Waals surface area (Å²) < 4.78 is 69.3. The third-order valence-corrected chi connectivity index (χ3v) is 10.3. The maximum atomic E-state index is 12.5. The molecule has 0 bridgehead atoms. The number of allylic oxidation sites excluding steroid dienone is 4. The predicted molar refractivity (Wildman–Crippen MR) is 174 cm³/mol. The Balaban J connectivity index is 1.71. The normalized spacial score (nSPS) is 18.1. The second-order valence-corrected chi connectivity index (χ2v) is 15.7. The van der Waals surface area contributed by atoms with Crippen LogP contribution in [0, 0.1) is 0 Å². The first kappa shape index (κ1) is 34.6. The molecule has 45 heavy (non-hydrogen) atoms. The SMILES string of the molecule is CNC(=O)c1ccc2c(c1)C(C)(C)/C(=C\C=C\C1=[N+](CCCCS(=O)(=O)[O-])c3ccccc3C1(C)C)N2CCCCS(=O)(=O)[O-]. The zero-order chi connectivity index (χ0) is 33.2. The van der Waals surface area contributed by atoms with Gasteiger partial charge in [-0.2, -0.15) is 4.58 Å². The van der Waals surface area contributed by atoms with Gasteiger partial charge in [-0.05, 0) is 62.9 Å². The number of hydrogen-bond acceptors (Lipinski definition) is 8. The highest BCUT2D eigenvalue weighted by Gasteiger charge is 2.44. The number of unbranched alkanes of at least 4 members (excludes halogenated alkanes) is 2. The minimum absolute atomic E-state index is 0.189. The molecule has 0 spiro atoms. The van der Waals surface area contributed by atoms with E-state index in [1.807, 2.05) is 42.5 Å². The molecule has 10 nitrogen and oxygen atoms in total. The molecule has 2 aliphatic rings. The largest absolute Gasteiger partial charge is 0.748 e. The maximum Gasteiger partial charge on any atom is 0.251 e. The number of rotatable bonds is 13. The lowest BCUT2D eigenvalue weighted by Gasteiger charge is -2.27. The highest BCUT2D eigenvalue weighted by molar-refractivity contribution is 7.85. The van der Waals surface area contributed by atoms with E-state index in [2.05, 4.69) is 54.6 Å². The van der Waals surface area contributed by atoms with Gasteiger partial charge in [0.25, 0.3) is 5.91 Å². The fourth-order valence-electron chi connectivity index (χ4n) is 6.41. The molecule has 0 aromatic heterocycles. The Kier molecular flexibility index (Phi) is 10.1. The van der Waals surface area contributed by atoms with Gasteiger partial charge in [0.2, 0.25) is 5.69 Å². The number of amides is 1. The lowest BCUT2D eigenvalue weighted by Crippen LogP contribution is -2.28. The van der Waals surface area contributed by atoms with Crippen LogP contribution in [0.5, 0.6) is 0 Å². The van der Waals surface area contributed by atoms with Crippen LogP contribution in [0.3, 0.4) is 0 Å². The number of carbonyl (C=O) groups is 1. The molecule has 0 unspecified atom stereocenters. The van der Waals surface area contributed by atoms with Crippen LogP contribution in [-0.2, 0) is 31.1 Å². The van der Waals surface area contributed by atoms with Crippen LogP contribution in [0.2, 0.25) is 0 Å². The highest BCUT2D eigenvalue weighted by Crippen LogP contribution is 2.48. The third kappa shape index (κ3) is 7.74. The van der Waals surface area contributed by atoms with Crippen LogP contribution in [0.1, 0.15) is 74.9 Å². The summed E-state index contributed by atoms with van der Waals surface area (Å²) >= 11 is 0. The Labute approximate surface area is 267 Å². The fraction of sp³-hybridized carbons (Fsp3) is 0.455. The van der Waals surface area contributed by atoms with Gasteiger partial charge in [0.05, 0.1) is 25.7 Å². The summed E-state index contributed by atoms with van der Waals surface area (Å²) in [6.45, 7) is 9.51. The summed E-state index contributed by atoms with van der Waals surface area (Å²) in [5.74, 6) is -1.00. The summed E-state index contributed by atoms with van der Waals surface area (Å²) in [5, 5.41) is 2.67. The number of para-hydroxylation sites is 1. The van der Waals surface area contributed by atoms with Crippen LogP contribution in [0.25, 0.3) is 0 Å². The quantitative estimate of drug-likeness (QED) is 0.190. The van der Waals surface area contributed by atoms with E-state index in [1.54, 1.807) is 13.1 Å². The second-order valence-electron chi connectivity index (χ2n) is 12.6. The summed E-state index contributed by atoms with van der Waals surface area (Å²) in [6.07, 6.45) is 7.64. The average Bonchev–Trinajstić information content (AvgIpc) is 3.30. The molecule has 2 aromatic carbocycles. The van der Waals surface area contributed by atoms with Crippen LogP contribution < -0.4 is 10.2 Å². The molecular formula is C33H42N3O7S2-. The van der Waals surface area contributed by atoms with Crippen LogP contribution in [0.4, 0.5) is 11.4 Å². The standard InChI is InChI=1S/C33H43N3O7S2/c1-32(2)25-13-6-7-14-27(25)35(19-8-10-21-44(38,39)40)29(32)15-12-16-30-33(3,4)26-23-24(31(37)34-5)17-18-28(26)36(30)20-9-11-22-45(41,42)43/h6-7,12-18,23H,8-11,19-22H2,1-5H3,(H2-,34,37,38,39,40,41,42,43)/p-1. The Bertz CT molecular complexity index is 1770. The van der Waals surface area contributed by atoms with E-state index in [-0.39, 0.29) is 24.2 Å². The number of nitrogens with one attached hydrogen (secondary N) is 1. The van der Waals surface area contributed by atoms with Crippen molar-refractivity contribution in [2.75, 3.05) is 36.5 Å². The zero-order valence-electron chi connectivity index (χ0n) is 26.5. The van der Waals surface area contributed by atoms with Crippen molar-refractivity contribution in [1.82, 2.24) is 5.32 Å². The predicted octanol–water partition coefficient (Wildman–Crippen LogP) is 4.31. The number of hydrogen-bond donors (Lipinski definition) is 1. The molecule has 0 saturated heterocycles. The van der Waals surface area contributed by atoms with Gasteiger partial charge in [0, 0.05) is 71.6 Å². The average molecular weight is 657 g/mol. The van der Waals surface area contributed by atoms with E-state index in [1.165, 1.54) is 0 Å². The maximum absolute atomic E-state index is 12.5. The first-order valence-electron chi connectivity index (χ1n) is 15.1. The minimum Gasteiger partial charge on any atom is -0.748 e. The van der Waals surface area contributed by atoms with E-state index in [0.29, 0.717) is 31.5 Å². The molecule has 12 heteroatoms. The summed E-state index contributed by atoms with van der Waals surface area (Å²) in [6, 6.07) is 13.7. The highest BCUT2D eigenvalue weighted by atomic mass is 32.2. The third-order valence-electron chi connectivity index (χ3n) is 8.74. The molecule has 0 fully saturated rings. The smallest absolute Gasteiger partial charge is 0.251 e. The Hall–Kier alpha value is -3.32. The van der Waals surface area contributed by atoms with Crippen molar-refractivity contribution in [2.24, 2.45) is 0 Å². The van der Waals surface area contributed by atoms with Crippen molar-refractivity contribution in [3.8, 4) is 0 Å². The van der Waals surface area contributed by atoms with E-state index >= 15 is 0 Å². The van der Waals surface area contributed by atoms with Gasteiger partial charge in [-0.15, -0.1) is 0 Å². The van der Waals surface area contributed by atoms with Gasteiger partial charge in [-0.1, -0.05) is 38.1 Å². The van der Waals surface area contributed by atoms with Crippen molar-refractivity contribution in [2.45, 2.75) is 64.2 Å². The van der Waals surface area contributed by atoms with Crippen molar-refractivity contribution < 1.29 is 35.3 Å². The van der Waals surface area contributed by atoms with Gasteiger partial charge in [0.1, 0.15) is 6.54 Å². The van der Waals surface area contributed by atoms with E-state index in [4.69, 9.17) is 0 Å². The van der Waals surface area contributed by atoms with Crippen LogP contribution in [0.15, 0.2) is 66.4 Å². The summed E-state index contributed by atoms with van der Waals surface area (Å²) in [7, 11) is -6.99. The number of benzene rings is 2. The topological polar surface area (TPSA) is 150 Å². The van der Waals surface area contributed by atoms with Crippen LogP contribution >= 0.6 is 0 Å². The molecule has 4 rings (SSSR count). The Morgan fingerprint density at radius 2 is 1.53 bits per heavy atom. The molecule has 2 aliphatic heterocycles. The van der Waals surface area contributed by atoms with Gasteiger partial charge in [-0.3, -0.25) is 4.79 Å². The number of carbonyl (C=O) groups excluding carboxylic acids is 1. The Morgan fingerprint density at radius 3 is 2.18 bits per heavy atom. The monoisotopic (exact) mass is 656 g/mol. The first-order chi connectivity index (χ1) is 21.0. The molecule has 2 aromatic rings. The lowest BCUT2D eigenvalue weighted by atomic mass is 9.81. The fourth-order valence-corrected chi connectivity index (χ4v) is 7.53. The number of anilines is 1. The molecule has 2 heterocycles. The molecule has 0 aliphatic carbocycles. The second kappa shape index (κ2) is 13.2. The Morgan fingerprint density at radius 1 is 0.889 bits per heavy atom. The van der Waals surface area contributed by atoms with E-state index in [9.17, 15) is 30.7 Å². The number of fused-ring (bicyclic) bond motifs is 2. The molecular weight excluding hydrogens is 615 g/mol. The van der Waals surface area contributed by atoms with Crippen molar-refractivity contribution >= 4 is 43.2 Å². The van der Waals surface area contributed by atoms with Crippen molar-refractivity contribution in [3.63, 3.8) is 0 Å². The summed E-state index contributed by atoms with van der Waals surface area (Å²) in [5.41, 5.74) is 5.81. The summed E-state index contributed by atoms with van der Waals surface area (Å²) in [4.78, 5) is 14.6. The lowest BCUT2D eigenvalue weighted by molar-refractivity contribution is -0.438. The molecule has 244 valence electrons. The van der Waals surface area contributed by atoms with E-state index < -0.39 is 37.2 Å². The van der Waals surface area contributed by atoms with Crippen molar-refractivity contribution in [1.29, 1.82) is 0 Å². The molecule has 0 saturated carbocycles. The first-order valence-corrected chi connectivity index (χ1v) is 18.3. The molecule has 0 radical (unpaired) electrons. The molecule has 0 atom stereocenters. The van der Waals surface area contributed by atoms with Gasteiger partial charge < -0.3 is 19.3 Å². The minimum atomic E-state index is -4.30. The molecule has 1 amide bonds. The van der Waals surface area contributed by atoms with Crippen LogP contribution in [-0.4, -0.2) is 73.8 Å². The zero-order valence-corrected chi connectivity index (χ0v) is 28.1. The van der Waals surface area contributed by atoms with Gasteiger partial charge in [0.15, 0.2) is 5.71 Å².